The van der Waals surface area contributed by atoms with E-state index in [-0.39, 0.29) is 5.41 Å². The van der Waals surface area contributed by atoms with Gasteiger partial charge in [0.15, 0.2) is 5.60 Å². The van der Waals surface area contributed by atoms with Gasteiger partial charge in [0.2, 0.25) is 0 Å². The molecule has 0 saturated heterocycles. The molecule has 0 aromatic heterocycles. The summed E-state index contributed by atoms with van der Waals surface area (Å²) in [6.45, 7) is 4.64. The van der Waals surface area contributed by atoms with Crippen molar-refractivity contribution in [3.8, 4) is 39.9 Å². The number of hydrogen-bond acceptors (Lipinski definition) is 5. The molecule has 1 aliphatic carbocycles. The van der Waals surface area contributed by atoms with Crippen molar-refractivity contribution in [2.75, 3.05) is 20.5 Å². The predicted octanol–water partition coefficient (Wildman–Crippen LogP) is 11.8. The Balaban J connectivity index is 1.46. The number of rotatable bonds is 9. The van der Waals surface area contributed by atoms with Gasteiger partial charge in [-0.25, -0.2) is 0 Å². The minimum absolute atomic E-state index is 0.170. The standard InChI is InChI=1S/C45H40O4S/c1-6-44(7-2)38-16-12-11-15-34(38)41-36-27-39(48-33-13-9-8-10-14-33)40(50-5)28-37(36)43-35(42(41)44)25-26-45(49-43,29-17-21-31(46-3)22-18-29)30-19-23-32(47-4)24-20-30/h8-28H,6-7H2,1-5H3. The lowest BCUT2D eigenvalue weighted by Crippen LogP contribution is -2.35. The first-order valence-electron chi connectivity index (χ1n) is 17.2. The number of para-hydroxylation sites is 1. The largest absolute Gasteiger partial charge is 0.497 e. The Hall–Kier alpha value is -5.13. The quantitative estimate of drug-likeness (QED) is 0.142. The fourth-order valence-electron chi connectivity index (χ4n) is 8.17. The highest BCUT2D eigenvalue weighted by Gasteiger charge is 2.47. The summed E-state index contributed by atoms with van der Waals surface area (Å²) in [7, 11) is 3.39. The summed E-state index contributed by atoms with van der Waals surface area (Å²) < 4.78 is 25.3. The summed E-state index contributed by atoms with van der Waals surface area (Å²) in [5.74, 6) is 4.13. The van der Waals surface area contributed by atoms with E-state index in [0.717, 1.165) is 73.9 Å². The van der Waals surface area contributed by atoms with Crippen LogP contribution in [-0.2, 0) is 11.0 Å². The van der Waals surface area contributed by atoms with Crippen LogP contribution >= 0.6 is 11.8 Å². The van der Waals surface area contributed by atoms with Gasteiger partial charge in [0.1, 0.15) is 28.7 Å². The van der Waals surface area contributed by atoms with Crippen molar-refractivity contribution in [2.45, 2.75) is 42.6 Å². The van der Waals surface area contributed by atoms with Crippen molar-refractivity contribution < 1.29 is 18.9 Å². The van der Waals surface area contributed by atoms with Gasteiger partial charge in [-0.05, 0) is 101 Å². The Kier molecular flexibility index (Phi) is 8.11. The Morgan fingerprint density at radius 2 is 1.30 bits per heavy atom. The second-order valence-electron chi connectivity index (χ2n) is 12.9. The SMILES string of the molecule is CCC1(CC)c2ccccc2-c2c1c1c(c3cc(SC)c(Oc4ccccc4)cc23)OC(c2ccc(OC)cc2)(c2ccc(OC)cc2)C=C1. The summed E-state index contributed by atoms with van der Waals surface area (Å²) >= 11 is 1.68. The molecule has 0 N–H and O–H groups in total. The van der Waals surface area contributed by atoms with Gasteiger partial charge in [-0.2, -0.15) is 0 Å². The zero-order valence-electron chi connectivity index (χ0n) is 29.1. The van der Waals surface area contributed by atoms with Crippen LogP contribution in [0.1, 0.15) is 54.5 Å². The van der Waals surface area contributed by atoms with E-state index in [2.05, 4.69) is 92.9 Å². The molecule has 8 rings (SSSR count). The van der Waals surface area contributed by atoms with Crippen LogP contribution in [-0.4, -0.2) is 20.5 Å². The molecule has 0 fully saturated rings. The second kappa shape index (κ2) is 12.6. The van der Waals surface area contributed by atoms with E-state index in [1.807, 2.05) is 54.6 Å². The molecule has 250 valence electrons. The van der Waals surface area contributed by atoms with Crippen molar-refractivity contribution >= 4 is 28.6 Å². The first-order chi connectivity index (χ1) is 24.5. The fourth-order valence-corrected chi connectivity index (χ4v) is 8.71. The topological polar surface area (TPSA) is 36.9 Å². The average Bonchev–Trinajstić information content (AvgIpc) is 3.49. The summed E-state index contributed by atoms with van der Waals surface area (Å²) in [5, 5.41) is 2.20. The molecule has 0 unspecified atom stereocenters. The highest BCUT2D eigenvalue weighted by molar-refractivity contribution is 7.98. The lowest BCUT2D eigenvalue weighted by atomic mass is 9.71. The molecule has 6 aromatic rings. The van der Waals surface area contributed by atoms with Gasteiger partial charge in [0, 0.05) is 27.5 Å². The first kappa shape index (κ1) is 32.1. The molecule has 6 aromatic carbocycles. The van der Waals surface area contributed by atoms with Crippen molar-refractivity contribution in [1.82, 2.24) is 0 Å². The average molecular weight is 677 g/mol. The van der Waals surface area contributed by atoms with Gasteiger partial charge >= 0.3 is 0 Å². The second-order valence-corrected chi connectivity index (χ2v) is 13.8. The van der Waals surface area contributed by atoms with Gasteiger partial charge in [0.25, 0.3) is 0 Å². The summed E-state index contributed by atoms with van der Waals surface area (Å²) in [5.41, 5.74) is 7.37. The Morgan fingerprint density at radius 1 is 0.680 bits per heavy atom. The lowest BCUT2D eigenvalue weighted by molar-refractivity contribution is 0.163. The number of ether oxygens (including phenoxy) is 4. The molecular weight excluding hydrogens is 637 g/mol. The van der Waals surface area contributed by atoms with Gasteiger partial charge in [-0.15, -0.1) is 11.8 Å². The molecule has 0 amide bonds. The fraction of sp³-hybridized carbons (Fsp3) is 0.200. The van der Waals surface area contributed by atoms with Gasteiger partial charge in [-0.1, -0.05) is 86.7 Å². The molecule has 1 heterocycles. The maximum atomic E-state index is 7.60. The highest BCUT2D eigenvalue weighted by atomic mass is 32.2. The van der Waals surface area contributed by atoms with Gasteiger partial charge in [0.05, 0.1) is 19.1 Å². The van der Waals surface area contributed by atoms with Crippen LogP contribution in [0.4, 0.5) is 0 Å². The minimum Gasteiger partial charge on any atom is -0.497 e. The van der Waals surface area contributed by atoms with Crippen LogP contribution in [0.2, 0.25) is 0 Å². The van der Waals surface area contributed by atoms with E-state index in [1.165, 1.54) is 22.3 Å². The van der Waals surface area contributed by atoms with E-state index in [0.29, 0.717) is 0 Å². The number of thioether (sulfide) groups is 1. The molecule has 50 heavy (non-hydrogen) atoms. The van der Waals surface area contributed by atoms with Crippen LogP contribution < -0.4 is 18.9 Å². The number of benzene rings is 6. The van der Waals surface area contributed by atoms with E-state index < -0.39 is 5.60 Å². The lowest BCUT2D eigenvalue weighted by Gasteiger charge is -2.39. The third kappa shape index (κ3) is 4.82. The molecule has 0 radical (unpaired) electrons. The number of fused-ring (bicyclic) bond motifs is 8. The van der Waals surface area contributed by atoms with Gasteiger partial charge in [-0.3, -0.25) is 0 Å². The summed E-state index contributed by atoms with van der Waals surface area (Å²) in [6.07, 6.45) is 8.61. The van der Waals surface area contributed by atoms with Crippen molar-refractivity contribution in [2.24, 2.45) is 0 Å². The monoisotopic (exact) mass is 676 g/mol. The molecule has 0 spiro atoms. The van der Waals surface area contributed by atoms with Crippen molar-refractivity contribution in [1.29, 1.82) is 0 Å². The van der Waals surface area contributed by atoms with E-state index >= 15 is 0 Å². The third-order valence-corrected chi connectivity index (χ3v) is 11.5. The third-order valence-electron chi connectivity index (χ3n) is 10.7. The van der Waals surface area contributed by atoms with Crippen LogP contribution in [0.15, 0.2) is 126 Å². The molecule has 0 atom stereocenters. The summed E-state index contributed by atoms with van der Waals surface area (Å²) in [6, 6.07) is 39.9. The highest BCUT2D eigenvalue weighted by Crippen LogP contribution is 2.61. The van der Waals surface area contributed by atoms with Crippen LogP contribution in [0.25, 0.3) is 28.0 Å². The molecular formula is C45H40O4S. The van der Waals surface area contributed by atoms with Crippen molar-refractivity contribution in [3.05, 3.63) is 149 Å². The van der Waals surface area contributed by atoms with E-state index in [4.69, 9.17) is 18.9 Å². The minimum atomic E-state index is -0.905. The zero-order valence-corrected chi connectivity index (χ0v) is 29.9. The van der Waals surface area contributed by atoms with E-state index in [9.17, 15) is 0 Å². The van der Waals surface area contributed by atoms with Crippen LogP contribution in [0.3, 0.4) is 0 Å². The molecule has 4 nitrogen and oxygen atoms in total. The molecule has 0 saturated carbocycles. The molecule has 5 heteroatoms. The Morgan fingerprint density at radius 3 is 1.90 bits per heavy atom. The maximum absolute atomic E-state index is 7.60. The van der Waals surface area contributed by atoms with Gasteiger partial charge < -0.3 is 18.9 Å². The Labute approximate surface area is 298 Å². The first-order valence-corrected chi connectivity index (χ1v) is 18.4. The Bertz CT molecular complexity index is 2190. The molecule has 2 aliphatic rings. The molecule has 1 aliphatic heterocycles. The maximum Gasteiger partial charge on any atom is 0.178 e. The van der Waals surface area contributed by atoms with Crippen LogP contribution in [0.5, 0.6) is 28.7 Å². The smallest absolute Gasteiger partial charge is 0.178 e. The summed E-state index contributed by atoms with van der Waals surface area (Å²) in [4.78, 5) is 1.05. The zero-order chi connectivity index (χ0) is 34.5. The molecule has 0 bridgehead atoms. The van der Waals surface area contributed by atoms with E-state index in [1.54, 1.807) is 26.0 Å². The number of methoxy groups -OCH3 is 2. The van der Waals surface area contributed by atoms with Crippen LogP contribution in [0, 0.1) is 0 Å². The predicted molar refractivity (Wildman–Crippen MR) is 205 cm³/mol. The van der Waals surface area contributed by atoms with Crippen molar-refractivity contribution in [3.63, 3.8) is 0 Å². The normalized spacial score (nSPS) is 14.7. The number of hydrogen-bond donors (Lipinski definition) is 0.